The zero-order valence-corrected chi connectivity index (χ0v) is 11.6. The zero-order chi connectivity index (χ0) is 12.9. The molecule has 0 bridgehead atoms. The molecule has 1 N–H and O–H groups in total. The highest BCUT2D eigenvalue weighted by atomic mass is 16.5. The van der Waals surface area contributed by atoms with Gasteiger partial charge in [-0.05, 0) is 37.3 Å². The van der Waals surface area contributed by atoms with E-state index in [1.54, 1.807) is 0 Å². The smallest absolute Gasteiger partial charge is 0.0700 e. The summed E-state index contributed by atoms with van der Waals surface area (Å²) in [7, 11) is 0. The van der Waals surface area contributed by atoms with Crippen LogP contribution in [0.4, 0.5) is 5.69 Å². The van der Waals surface area contributed by atoms with Gasteiger partial charge in [0.05, 0.1) is 6.10 Å². The lowest BCUT2D eigenvalue weighted by atomic mass is 10.0. The summed E-state index contributed by atoms with van der Waals surface area (Å²) in [5.74, 6) is 0. The average molecular weight is 260 g/mol. The molecule has 1 aromatic carbocycles. The van der Waals surface area contributed by atoms with Gasteiger partial charge in [0.15, 0.2) is 0 Å². The van der Waals surface area contributed by atoms with E-state index in [2.05, 4.69) is 34.5 Å². The van der Waals surface area contributed by atoms with Crippen LogP contribution in [-0.2, 0) is 11.2 Å². The second kappa shape index (κ2) is 6.40. The van der Waals surface area contributed by atoms with Crippen LogP contribution in [-0.4, -0.2) is 38.9 Å². The Morgan fingerprint density at radius 1 is 1.26 bits per heavy atom. The molecule has 0 radical (unpaired) electrons. The number of nitrogens with zero attached hydrogens (tertiary/aromatic N) is 1. The summed E-state index contributed by atoms with van der Waals surface area (Å²) in [6.07, 6.45) is 5.41. The second-order valence-corrected chi connectivity index (χ2v) is 5.56. The van der Waals surface area contributed by atoms with Crippen molar-refractivity contribution in [1.82, 2.24) is 5.32 Å². The molecule has 1 fully saturated rings. The third-order valence-electron chi connectivity index (χ3n) is 4.16. The van der Waals surface area contributed by atoms with E-state index < -0.39 is 0 Å². The first-order valence-electron chi connectivity index (χ1n) is 7.58. The fourth-order valence-electron chi connectivity index (χ4n) is 3.13. The quantitative estimate of drug-likeness (QED) is 0.822. The van der Waals surface area contributed by atoms with E-state index in [1.807, 2.05) is 0 Å². The average Bonchev–Trinajstić information content (AvgIpc) is 2.97. The van der Waals surface area contributed by atoms with Crippen LogP contribution in [0.25, 0.3) is 0 Å². The van der Waals surface area contributed by atoms with Crippen LogP contribution in [0.1, 0.15) is 24.8 Å². The van der Waals surface area contributed by atoms with Crippen LogP contribution in [0.3, 0.4) is 0 Å². The van der Waals surface area contributed by atoms with Crippen LogP contribution in [0, 0.1) is 0 Å². The first kappa shape index (κ1) is 12.9. The molecule has 0 amide bonds. The normalized spacial score (nSPS) is 22.5. The lowest BCUT2D eigenvalue weighted by Crippen LogP contribution is -2.37. The monoisotopic (exact) mass is 260 g/mol. The number of para-hydroxylation sites is 1. The van der Waals surface area contributed by atoms with E-state index in [0.29, 0.717) is 6.10 Å². The summed E-state index contributed by atoms with van der Waals surface area (Å²) in [5, 5.41) is 3.54. The van der Waals surface area contributed by atoms with Crippen LogP contribution in [0.5, 0.6) is 0 Å². The van der Waals surface area contributed by atoms with E-state index in [0.717, 1.165) is 26.2 Å². The molecule has 19 heavy (non-hydrogen) atoms. The molecule has 0 saturated carbocycles. The Hall–Kier alpha value is -1.06. The third-order valence-corrected chi connectivity index (χ3v) is 4.16. The Labute approximate surface area is 115 Å². The SMILES string of the molecule is c1ccc2c(c1)CCCN2CCNCC1CCCO1. The maximum Gasteiger partial charge on any atom is 0.0700 e. The predicted octanol–water partition coefficient (Wildman–Crippen LogP) is 2.21. The fraction of sp³-hybridized carbons (Fsp3) is 0.625. The van der Waals surface area contributed by atoms with Crippen molar-refractivity contribution in [2.24, 2.45) is 0 Å². The molecule has 3 nitrogen and oxygen atoms in total. The van der Waals surface area contributed by atoms with Crippen molar-refractivity contribution in [3.05, 3.63) is 29.8 Å². The lowest BCUT2D eigenvalue weighted by molar-refractivity contribution is 0.110. The number of fused-ring (bicyclic) bond motifs is 1. The highest BCUT2D eigenvalue weighted by Gasteiger charge is 2.17. The minimum atomic E-state index is 0.452. The number of hydrogen-bond donors (Lipinski definition) is 1. The topological polar surface area (TPSA) is 24.5 Å². The number of rotatable bonds is 5. The van der Waals surface area contributed by atoms with Crippen LogP contribution in [0.15, 0.2) is 24.3 Å². The Balaban J connectivity index is 1.45. The molecule has 1 aromatic rings. The van der Waals surface area contributed by atoms with E-state index in [-0.39, 0.29) is 0 Å². The Bertz CT molecular complexity index is 401. The van der Waals surface area contributed by atoms with E-state index in [1.165, 1.54) is 43.5 Å². The zero-order valence-electron chi connectivity index (χ0n) is 11.6. The first-order chi connectivity index (χ1) is 9.43. The van der Waals surface area contributed by atoms with Gasteiger partial charge in [0.25, 0.3) is 0 Å². The van der Waals surface area contributed by atoms with Crippen LogP contribution >= 0.6 is 0 Å². The maximum absolute atomic E-state index is 5.63. The summed E-state index contributed by atoms with van der Waals surface area (Å²) in [6, 6.07) is 8.82. The highest BCUT2D eigenvalue weighted by Crippen LogP contribution is 2.25. The fourth-order valence-corrected chi connectivity index (χ4v) is 3.13. The van der Waals surface area contributed by atoms with Crippen molar-refractivity contribution >= 4 is 5.69 Å². The highest BCUT2D eigenvalue weighted by molar-refractivity contribution is 5.55. The summed E-state index contributed by atoms with van der Waals surface area (Å²) < 4.78 is 5.63. The lowest BCUT2D eigenvalue weighted by Gasteiger charge is -2.31. The van der Waals surface area contributed by atoms with Gasteiger partial charge in [-0.25, -0.2) is 0 Å². The first-order valence-corrected chi connectivity index (χ1v) is 7.58. The van der Waals surface area contributed by atoms with Gasteiger partial charge in [-0.1, -0.05) is 18.2 Å². The molecular weight excluding hydrogens is 236 g/mol. The standard InChI is InChI=1S/C16H24N2O/c1-2-8-16-14(5-1)6-3-10-18(16)11-9-17-13-15-7-4-12-19-15/h1-2,5,8,15,17H,3-4,6-7,9-13H2. The van der Waals surface area contributed by atoms with Crippen LogP contribution < -0.4 is 10.2 Å². The van der Waals surface area contributed by atoms with Crippen molar-refractivity contribution in [3.63, 3.8) is 0 Å². The molecule has 0 spiro atoms. The van der Waals surface area contributed by atoms with Gasteiger partial charge in [0.2, 0.25) is 0 Å². The molecule has 3 rings (SSSR count). The number of ether oxygens (including phenoxy) is 1. The minimum Gasteiger partial charge on any atom is -0.377 e. The Morgan fingerprint density at radius 2 is 2.21 bits per heavy atom. The maximum atomic E-state index is 5.63. The Morgan fingerprint density at radius 3 is 3.11 bits per heavy atom. The molecule has 2 aliphatic rings. The van der Waals surface area contributed by atoms with Gasteiger partial charge < -0.3 is 15.0 Å². The molecule has 1 saturated heterocycles. The molecule has 1 atom stereocenters. The largest absolute Gasteiger partial charge is 0.377 e. The minimum absolute atomic E-state index is 0.452. The molecule has 0 aliphatic carbocycles. The number of hydrogen-bond acceptors (Lipinski definition) is 3. The number of nitrogens with one attached hydrogen (secondary N) is 1. The molecule has 2 heterocycles. The van der Waals surface area contributed by atoms with Gasteiger partial charge in [-0.15, -0.1) is 0 Å². The van der Waals surface area contributed by atoms with Gasteiger partial charge in [-0.2, -0.15) is 0 Å². The molecule has 3 heteroatoms. The van der Waals surface area contributed by atoms with Gasteiger partial charge in [-0.3, -0.25) is 0 Å². The molecule has 0 aromatic heterocycles. The van der Waals surface area contributed by atoms with Crippen molar-refractivity contribution in [2.45, 2.75) is 31.8 Å². The summed E-state index contributed by atoms with van der Waals surface area (Å²) in [4.78, 5) is 2.52. The number of anilines is 1. The van der Waals surface area contributed by atoms with Gasteiger partial charge >= 0.3 is 0 Å². The van der Waals surface area contributed by atoms with E-state index >= 15 is 0 Å². The van der Waals surface area contributed by atoms with E-state index in [9.17, 15) is 0 Å². The van der Waals surface area contributed by atoms with Crippen molar-refractivity contribution in [2.75, 3.05) is 37.7 Å². The predicted molar refractivity (Wildman–Crippen MR) is 78.8 cm³/mol. The summed E-state index contributed by atoms with van der Waals surface area (Å²) in [5.41, 5.74) is 2.94. The second-order valence-electron chi connectivity index (χ2n) is 5.56. The summed E-state index contributed by atoms with van der Waals surface area (Å²) in [6.45, 7) is 5.30. The van der Waals surface area contributed by atoms with Crippen molar-refractivity contribution < 1.29 is 4.74 Å². The van der Waals surface area contributed by atoms with E-state index in [4.69, 9.17) is 4.74 Å². The van der Waals surface area contributed by atoms with Crippen LogP contribution in [0.2, 0.25) is 0 Å². The van der Waals surface area contributed by atoms with Crippen molar-refractivity contribution in [1.29, 1.82) is 0 Å². The number of benzene rings is 1. The summed E-state index contributed by atoms with van der Waals surface area (Å²) >= 11 is 0. The Kier molecular flexibility index (Phi) is 4.36. The van der Waals surface area contributed by atoms with Gasteiger partial charge in [0, 0.05) is 38.5 Å². The third kappa shape index (κ3) is 3.28. The van der Waals surface area contributed by atoms with Crippen molar-refractivity contribution in [3.8, 4) is 0 Å². The molecule has 1 unspecified atom stereocenters. The molecule has 2 aliphatic heterocycles. The van der Waals surface area contributed by atoms with Gasteiger partial charge in [0.1, 0.15) is 0 Å². The molecule has 104 valence electrons. The molecular formula is C16H24N2O. The number of aryl methyl sites for hydroxylation is 1.